The van der Waals surface area contributed by atoms with E-state index in [1.807, 2.05) is 6.92 Å². The van der Waals surface area contributed by atoms with Gasteiger partial charge in [0.15, 0.2) is 0 Å². The van der Waals surface area contributed by atoms with E-state index in [2.05, 4.69) is 17.1 Å². The Labute approximate surface area is 90.8 Å². The monoisotopic (exact) mass is 213 g/mol. The van der Waals surface area contributed by atoms with E-state index in [1.165, 1.54) is 0 Å². The van der Waals surface area contributed by atoms with Crippen LogP contribution in [0, 0.1) is 0 Å². The Balaban J connectivity index is 2.44. The summed E-state index contributed by atoms with van der Waals surface area (Å²) in [7, 11) is 0. The maximum Gasteiger partial charge on any atom is 0.0827 e. The third kappa shape index (κ3) is 3.16. The minimum absolute atomic E-state index is 0.960. The first-order chi connectivity index (χ1) is 6.25. The van der Waals surface area contributed by atoms with Gasteiger partial charge in [-0.1, -0.05) is 36.6 Å². The van der Waals surface area contributed by atoms with Crippen molar-refractivity contribution in [1.82, 2.24) is 4.90 Å². The molecule has 13 heavy (non-hydrogen) atoms. The first-order valence-electron chi connectivity index (χ1n) is 4.70. The van der Waals surface area contributed by atoms with Crippen LogP contribution in [0.4, 0.5) is 0 Å². The summed E-state index contributed by atoms with van der Waals surface area (Å²) in [6.07, 6.45) is 8.46. The van der Waals surface area contributed by atoms with Crippen LogP contribution in [0.5, 0.6) is 0 Å². The highest BCUT2D eigenvalue weighted by Gasteiger charge is 2.18. The highest BCUT2D eigenvalue weighted by Crippen LogP contribution is 2.15. The first-order valence-corrected chi connectivity index (χ1v) is 5.51. The number of hydrogen-bond donors (Lipinski definition) is 0. The molecular formula is C10H15NS2. The van der Waals surface area contributed by atoms with Gasteiger partial charge < -0.3 is 4.90 Å². The molecule has 0 atom stereocenters. The minimum atomic E-state index is 0.960. The van der Waals surface area contributed by atoms with Gasteiger partial charge in [-0.15, -0.1) is 0 Å². The Morgan fingerprint density at radius 2 is 1.92 bits per heavy atom. The fourth-order valence-electron chi connectivity index (χ4n) is 1.42. The van der Waals surface area contributed by atoms with Crippen molar-refractivity contribution < 1.29 is 0 Å². The van der Waals surface area contributed by atoms with Crippen LogP contribution in [0.25, 0.3) is 0 Å². The smallest absolute Gasteiger partial charge is 0.0827 e. The predicted octanol–water partition coefficient (Wildman–Crippen LogP) is 3.09. The molecule has 0 aromatic heterocycles. The molecule has 0 bridgehead atoms. The maximum absolute atomic E-state index is 5.27. The van der Waals surface area contributed by atoms with E-state index in [0.717, 1.165) is 42.2 Å². The van der Waals surface area contributed by atoms with Gasteiger partial charge >= 0.3 is 0 Å². The van der Waals surface area contributed by atoms with Gasteiger partial charge in [0.1, 0.15) is 0 Å². The van der Waals surface area contributed by atoms with Gasteiger partial charge in [0.05, 0.1) is 9.98 Å². The Kier molecular flexibility index (Phi) is 4.53. The molecule has 0 amide bonds. The lowest BCUT2D eigenvalue weighted by Crippen LogP contribution is -2.38. The number of nitrogens with zero attached hydrogens (tertiary/aromatic N) is 1. The summed E-state index contributed by atoms with van der Waals surface area (Å²) in [5.74, 6) is 0. The summed E-state index contributed by atoms with van der Waals surface area (Å²) in [5, 5.41) is 0. The first kappa shape index (κ1) is 10.8. The lowest BCUT2D eigenvalue weighted by Gasteiger charge is -2.29. The Bertz CT molecular complexity index is 217. The fraction of sp³-hybridized carbons (Fsp3) is 0.600. The van der Waals surface area contributed by atoms with Crippen LogP contribution in [0.1, 0.15) is 32.6 Å². The van der Waals surface area contributed by atoms with Crippen LogP contribution in [-0.2, 0) is 0 Å². The minimum Gasteiger partial charge on any atom is -0.330 e. The van der Waals surface area contributed by atoms with E-state index in [0.29, 0.717) is 0 Å². The van der Waals surface area contributed by atoms with Crippen molar-refractivity contribution in [2.24, 2.45) is 0 Å². The largest absolute Gasteiger partial charge is 0.330 e. The zero-order valence-electron chi connectivity index (χ0n) is 7.95. The molecule has 0 N–H and O–H groups in total. The summed E-state index contributed by atoms with van der Waals surface area (Å²) in [4.78, 5) is 4.18. The quantitative estimate of drug-likeness (QED) is 0.524. The van der Waals surface area contributed by atoms with Gasteiger partial charge in [-0.25, -0.2) is 0 Å². The van der Waals surface area contributed by atoms with Crippen LogP contribution in [-0.4, -0.2) is 21.4 Å². The van der Waals surface area contributed by atoms with Gasteiger partial charge in [0.25, 0.3) is 0 Å². The van der Waals surface area contributed by atoms with Gasteiger partial charge in [0, 0.05) is 6.54 Å². The summed E-state index contributed by atoms with van der Waals surface area (Å²) in [6.45, 7) is 2.99. The molecule has 0 spiro atoms. The van der Waals surface area contributed by atoms with E-state index in [1.54, 1.807) is 0 Å². The lowest BCUT2D eigenvalue weighted by atomic mass is 10.1. The molecule has 0 aromatic carbocycles. The van der Waals surface area contributed by atoms with Crippen molar-refractivity contribution in [1.29, 1.82) is 0 Å². The third-order valence-electron chi connectivity index (χ3n) is 2.14. The van der Waals surface area contributed by atoms with Gasteiger partial charge in [-0.2, -0.15) is 0 Å². The topological polar surface area (TPSA) is 3.24 Å². The fourth-order valence-corrected chi connectivity index (χ4v) is 2.17. The van der Waals surface area contributed by atoms with Crippen molar-refractivity contribution in [3.05, 3.63) is 12.2 Å². The number of hydrogen-bond acceptors (Lipinski definition) is 2. The molecule has 1 heterocycles. The van der Waals surface area contributed by atoms with Crippen molar-refractivity contribution >= 4 is 34.4 Å². The second-order valence-electron chi connectivity index (χ2n) is 3.15. The SMILES string of the molecule is C/C=C\CCN1C(=S)CCCC1=S. The van der Waals surface area contributed by atoms with E-state index < -0.39 is 0 Å². The summed E-state index contributed by atoms with van der Waals surface area (Å²) >= 11 is 10.5. The molecule has 0 aromatic rings. The van der Waals surface area contributed by atoms with Crippen LogP contribution >= 0.6 is 24.4 Å². The highest BCUT2D eigenvalue weighted by molar-refractivity contribution is 7.81. The van der Waals surface area contributed by atoms with E-state index in [4.69, 9.17) is 24.4 Å². The standard InChI is InChI=1S/C10H15NS2/c1-2-3-4-8-11-9(12)6-5-7-10(11)13/h2-3H,4-8H2,1H3/b3-2-. The molecule has 1 saturated heterocycles. The summed E-state index contributed by atoms with van der Waals surface area (Å²) in [5.41, 5.74) is 0. The van der Waals surface area contributed by atoms with Crippen molar-refractivity contribution in [2.75, 3.05) is 6.54 Å². The van der Waals surface area contributed by atoms with Gasteiger partial charge in [-0.05, 0) is 32.6 Å². The van der Waals surface area contributed by atoms with Crippen molar-refractivity contribution in [3.8, 4) is 0 Å². The second-order valence-corrected chi connectivity index (χ2v) is 4.09. The number of piperidine rings is 1. The number of likely N-dealkylation sites (tertiary alicyclic amines) is 1. The molecule has 1 nitrogen and oxygen atoms in total. The zero-order chi connectivity index (χ0) is 9.68. The van der Waals surface area contributed by atoms with E-state index in [9.17, 15) is 0 Å². The molecule has 1 fully saturated rings. The molecule has 0 aliphatic carbocycles. The molecule has 3 heteroatoms. The van der Waals surface area contributed by atoms with Crippen molar-refractivity contribution in [2.45, 2.75) is 32.6 Å². The van der Waals surface area contributed by atoms with Crippen molar-refractivity contribution in [3.63, 3.8) is 0 Å². The van der Waals surface area contributed by atoms with E-state index in [-0.39, 0.29) is 0 Å². The van der Waals surface area contributed by atoms with Crippen LogP contribution in [0.2, 0.25) is 0 Å². The Morgan fingerprint density at radius 3 is 2.46 bits per heavy atom. The molecule has 0 radical (unpaired) electrons. The predicted molar refractivity (Wildman–Crippen MR) is 65.2 cm³/mol. The maximum atomic E-state index is 5.27. The van der Waals surface area contributed by atoms with Crippen LogP contribution < -0.4 is 0 Å². The van der Waals surface area contributed by atoms with Crippen LogP contribution in [0.15, 0.2) is 12.2 Å². The number of allylic oxidation sites excluding steroid dienone is 1. The number of rotatable bonds is 3. The van der Waals surface area contributed by atoms with Crippen LogP contribution in [0.3, 0.4) is 0 Å². The summed E-state index contributed by atoms with van der Waals surface area (Å²) in [6, 6.07) is 0. The number of thiocarbonyl (C=S) groups is 2. The Morgan fingerprint density at radius 1 is 1.31 bits per heavy atom. The molecule has 0 unspecified atom stereocenters. The molecular weight excluding hydrogens is 198 g/mol. The molecule has 1 aliphatic rings. The van der Waals surface area contributed by atoms with Gasteiger partial charge in [-0.3, -0.25) is 0 Å². The summed E-state index contributed by atoms with van der Waals surface area (Å²) < 4.78 is 0. The highest BCUT2D eigenvalue weighted by atomic mass is 32.1. The average molecular weight is 213 g/mol. The molecule has 0 saturated carbocycles. The zero-order valence-corrected chi connectivity index (χ0v) is 9.59. The van der Waals surface area contributed by atoms with E-state index >= 15 is 0 Å². The second kappa shape index (κ2) is 5.45. The van der Waals surface area contributed by atoms with Gasteiger partial charge in [0.2, 0.25) is 0 Å². The lowest BCUT2D eigenvalue weighted by molar-refractivity contribution is 0.574. The normalized spacial score (nSPS) is 18.7. The average Bonchev–Trinajstić information content (AvgIpc) is 2.10. The Hall–Kier alpha value is -0.280. The molecule has 1 aliphatic heterocycles. The molecule has 72 valence electrons. The molecule has 1 rings (SSSR count). The third-order valence-corrected chi connectivity index (χ3v) is 2.99.